The molecule has 1 rings (SSSR count). The van der Waals surface area contributed by atoms with Crippen molar-refractivity contribution in [1.29, 1.82) is 0 Å². The molecule has 1 heterocycles. The van der Waals surface area contributed by atoms with Gasteiger partial charge in [0.15, 0.2) is 0 Å². The molecule has 0 aliphatic heterocycles. The molecule has 0 radical (unpaired) electrons. The van der Waals surface area contributed by atoms with Crippen LogP contribution in [0, 0.1) is 5.41 Å². The number of hydrogen-bond donors (Lipinski definition) is 0. The van der Waals surface area contributed by atoms with Gasteiger partial charge in [0.05, 0.1) is 0 Å². The second kappa shape index (κ2) is 4.57. The minimum atomic E-state index is 0.155. The van der Waals surface area contributed by atoms with Gasteiger partial charge in [0, 0.05) is 17.3 Å². The van der Waals surface area contributed by atoms with Crippen LogP contribution in [0.1, 0.15) is 59.2 Å². The Morgan fingerprint density at radius 2 is 1.62 bits per heavy atom. The van der Waals surface area contributed by atoms with Crippen LogP contribution in [0.5, 0.6) is 0 Å². The summed E-state index contributed by atoms with van der Waals surface area (Å²) in [7, 11) is 0. The topological polar surface area (TPSA) is 12.9 Å². The fourth-order valence-corrected chi connectivity index (χ4v) is 1.54. The molecule has 16 heavy (non-hydrogen) atoms. The molecule has 0 aliphatic carbocycles. The number of pyridine rings is 1. The average Bonchev–Trinajstić information content (AvgIpc) is 2.13. The Morgan fingerprint density at radius 1 is 1.00 bits per heavy atom. The van der Waals surface area contributed by atoms with Gasteiger partial charge >= 0.3 is 0 Å². The average molecular weight is 219 g/mol. The summed E-state index contributed by atoms with van der Waals surface area (Å²) in [5.74, 6) is 0. The number of aryl methyl sites for hydroxylation is 1. The molecule has 0 fully saturated rings. The number of aromatic nitrogens is 1. The monoisotopic (exact) mass is 219 g/mol. The van der Waals surface area contributed by atoms with Gasteiger partial charge in [-0.15, -0.1) is 0 Å². The van der Waals surface area contributed by atoms with Gasteiger partial charge in [0.1, 0.15) is 0 Å². The maximum absolute atomic E-state index is 4.55. The van der Waals surface area contributed by atoms with Crippen molar-refractivity contribution in [3.05, 3.63) is 29.6 Å². The molecule has 0 aromatic carbocycles. The van der Waals surface area contributed by atoms with Gasteiger partial charge in [0.2, 0.25) is 0 Å². The van der Waals surface area contributed by atoms with E-state index in [1.54, 1.807) is 0 Å². The highest BCUT2D eigenvalue weighted by Gasteiger charge is 2.15. The lowest BCUT2D eigenvalue weighted by atomic mass is 9.88. The largest absolute Gasteiger partial charge is 0.260 e. The summed E-state index contributed by atoms with van der Waals surface area (Å²) < 4.78 is 0. The van der Waals surface area contributed by atoms with Crippen molar-refractivity contribution < 1.29 is 0 Å². The lowest BCUT2D eigenvalue weighted by Crippen LogP contribution is -2.13. The first kappa shape index (κ1) is 13.2. The molecule has 0 saturated carbocycles. The highest BCUT2D eigenvalue weighted by Crippen LogP contribution is 2.23. The minimum Gasteiger partial charge on any atom is -0.260 e. The molecule has 0 amide bonds. The highest BCUT2D eigenvalue weighted by molar-refractivity contribution is 5.19. The van der Waals surface area contributed by atoms with E-state index in [1.165, 1.54) is 17.7 Å². The van der Waals surface area contributed by atoms with Crippen LogP contribution in [0.15, 0.2) is 18.3 Å². The quantitative estimate of drug-likeness (QED) is 0.720. The van der Waals surface area contributed by atoms with E-state index in [4.69, 9.17) is 0 Å². The molecule has 0 bridgehead atoms. The van der Waals surface area contributed by atoms with Gasteiger partial charge < -0.3 is 0 Å². The van der Waals surface area contributed by atoms with Crippen molar-refractivity contribution in [3.8, 4) is 0 Å². The van der Waals surface area contributed by atoms with E-state index in [0.717, 1.165) is 6.42 Å². The molecule has 90 valence electrons. The summed E-state index contributed by atoms with van der Waals surface area (Å²) in [4.78, 5) is 4.55. The van der Waals surface area contributed by atoms with Crippen molar-refractivity contribution in [3.63, 3.8) is 0 Å². The van der Waals surface area contributed by atoms with Crippen molar-refractivity contribution in [2.45, 2.75) is 59.8 Å². The first-order valence-electron chi connectivity index (χ1n) is 6.14. The normalized spacial score (nSPS) is 12.9. The van der Waals surface area contributed by atoms with Crippen LogP contribution in [-0.2, 0) is 11.8 Å². The number of nitrogens with zero attached hydrogens (tertiary/aromatic N) is 1. The SMILES string of the molecule is CC(C)(C)CCc1ccc(C(C)(C)C)nc1. The Hall–Kier alpha value is -0.850. The summed E-state index contributed by atoms with van der Waals surface area (Å²) in [5, 5.41) is 0. The Balaban J connectivity index is 2.66. The standard InChI is InChI=1S/C15H25N/c1-14(2,3)10-9-12-7-8-13(16-11-12)15(4,5)6/h7-8,11H,9-10H2,1-6H3. The Morgan fingerprint density at radius 3 is 2.00 bits per heavy atom. The summed E-state index contributed by atoms with van der Waals surface area (Å²) in [5.41, 5.74) is 3.08. The number of rotatable bonds is 2. The molecule has 0 atom stereocenters. The van der Waals surface area contributed by atoms with E-state index < -0.39 is 0 Å². The molecule has 1 heteroatoms. The van der Waals surface area contributed by atoms with Crippen molar-refractivity contribution in [1.82, 2.24) is 4.98 Å². The van der Waals surface area contributed by atoms with E-state index in [9.17, 15) is 0 Å². The first-order chi connectivity index (χ1) is 7.18. The lowest BCUT2D eigenvalue weighted by Gasteiger charge is -2.19. The predicted octanol–water partition coefficient (Wildman–Crippen LogP) is 4.36. The zero-order valence-corrected chi connectivity index (χ0v) is 11.6. The Labute approximate surface area is 100 Å². The molecule has 0 saturated heterocycles. The van der Waals surface area contributed by atoms with Gasteiger partial charge in [-0.1, -0.05) is 47.6 Å². The van der Waals surface area contributed by atoms with Gasteiger partial charge in [-0.2, -0.15) is 0 Å². The van der Waals surface area contributed by atoms with Crippen LogP contribution in [0.3, 0.4) is 0 Å². The van der Waals surface area contributed by atoms with E-state index in [-0.39, 0.29) is 5.41 Å². The maximum atomic E-state index is 4.55. The molecule has 0 unspecified atom stereocenters. The van der Waals surface area contributed by atoms with Crippen molar-refractivity contribution >= 4 is 0 Å². The Kier molecular flexibility index (Phi) is 3.77. The fraction of sp³-hybridized carbons (Fsp3) is 0.667. The second-order valence-corrected chi connectivity index (χ2v) is 6.86. The molecule has 1 aromatic rings. The second-order valence-electron chi connectivity index (χ2n) is 6.86. The van der Waals surface area contributed by atoms with Gasteiger partial charge in [-0.3, -0.25) is 4.98 Å². The fourth-order valence-electron chi connectivity index (χ4n) is 1.54. The van der Waals surface area contributed by atoms with E-state index in [0.29, 0.717) is 5.41 Å². The van der Waals surface area contributed by atoms with E-state index in [2.05, 4.69) is 58.7 Å². The van der Waals surface area contributed by atoms with Gasteiger partial charge in [0.25, 0.3) is 0 Å². The summed E-state index contributed by atoms with van der Waals surface area (Å²) >= 11 is 0. The summed E-state index contributed by atoms with van der Waals surface area (Å²) in [6.45, 7) is 13.4. The third kappa shape index (κ3) is 4.34. The Bertz CT molecular complexity index is 322. The van der Waals surface area contributed by atoms with Crippen LogP contribution in [-0.4, -0.2) is 4.98 Å². The van der Waals surface area contributed by atoms with Crippen LogP contribution in [0.2, 0.25) is 0 Å². The predicted molar refractivity (Wildman–Crippen MR) is 70.7 cm³/mol. The minimum absolute atomic E-state index is 0.155. The summed E-state index contributed by atoms with van der Waals surface area (Å²) in [6.07, 6.45) is 4.37. The van der Waals surface area contributed by atoms with Crippen LogP contribution in [0.25, 0.3) is 0 Å². The van der Waals surface area contributed by atoms with Crippen molar-refractivity contribution in [2.24, 2.45) is 5.41 Å². The molecular weight excluding hydrogens is 194 g/mol. The van der Waals surface area contributed by atoms with E-state index in [1.807, 2.05) is 6.20 Å². The third-order valence-electron chi connectivity index (χ3n) is 2.76. The summed E-state index contributed by atoms with van der Waals surface area (Å²) in [6, 6.07) is 4.39. The third-order valence-corrected chi connectivity index (χ3v) is 2.76. The molecule has 0 N–H and O–H groups in total. The highest BCUT2D eigenvalue weighted by atomic mass is 14.7. The van der Waals surface area contributed by atoms with E-state index >= 15 is 0 Å². The molecule has 0 spiro atoms. The maximum Gasteiger partial charge on any atom is 0.0457 e. The van der Waals surface area contributed by atoms with Crippen molar-refractivity contribution in [2.75, 3.05) is 0 Å². The first-order valence-corrected chi connectivity index (χ1v) is 6.14. The number of hydrogen-bond acceptors (Lipinski definition) is 1. The van der Waals surface area contributed by atoms with Crippen LogP contribution < -0.4 is 0 Å². The zero-order valence-electron chi connectivity index (χ0n) is 11.6. The molecule has 1 nitrogen and oxygen atoms in total. The van der Waals surface area contributed by atoms with Crippen LogP contribution in [0.4, 0.5) is 0 Å². The zero-order chi connectivity index (χ0) is 12.4. The lowest BCUT2D eigenvalue weighted by molar-refractivity contribution is 0.378. The van der Waals surface area contributed by atoms with Gasteiger partial charge in [-0.25, -0.2) is 0 Å². The molecular formula is C15H25N. The van der Waals surface area contributed by atoms with Gasteiger partial charge in [-0.05, 0) is 29.9 Å². The van der Waals surface area contributed by atoms with Crippen LogP contribution >= 0.6 is 0 Å². The smallest absolute Gasteiger partial charge is 0.0457 e. The molecule has 1 aromatic heterocycles. The molecule has 0 aliphatic rings.